The van der Waals surface area contributed by atoms with E-state index in [4.69, 9.17) is 5.11 Å². The minimum atomic E-state index is -0.794. The van der Waals surface area contributed by atoms with Crippen molar-refractivity contribution in [3.8, 4) is 0 Å². The normalized spacial score (nSPS) is 10.6. The summed E-state index contributed by atoms with van der Waals surface area (Å²) >= 11 is 1.74. The highest BCUT2D eigenvalue weighted by Crippen LogP contribution is 2.18. The lowest BCUT2D eigenvalue weighted by atomic mass is 10.2. The zero-order chi connectivity index (χ0) is 13.4. The molecular formula is C14H19NO2S. The Bertz CT molecular complexity index is 389. The number of benzene rings is 1. The van der Waals surface area contributed by atoms with E-state index in [2.05, 4.69) is 37.8 Å². The maximum absolute atomic E-state index is 10.7. The first-order valence-electron chi connectivity index (χ1n) is 5.86. The Labute approximate surface area is 113 Å². The monoisotopic (exact) mass is 265 g/mol. The third kappa shape index (κ3) is 5.89. The quantitative estimate of drug-likeness (QED) is 0.579. The third-order valence-corrected chi connectivity index (χ3v) is 3.44. The van der Waals surface area contributed by atoms with Gasteiger partial charge in [-0.3, -0.25) is 9.69 Å². The van der Waals surface area contributed by atoms with Gasteiger partial charge in [-0.05, 0) is 19.1 Å². The van der Waals surface area contributed by atoms with E-state index < -0.39 is 5.97 Å². The van der Waals surface area contributed by atoms with Gasteiger partial charge < -0.3 is 5.11 Å². The number of rotatable bonds is 8. The minimum Gasteiger partial charge on any atom is -0.480 e. The molecule has 1 aromatic carbocycles. The molecule has 0 radical (unpaired) electrons. The van der Waals surface area contributed by atoms with Crippen LogP contribution in [0, 0.1) is 6.92 Å². The fraction of sp³-hybridized carbons (Fsp3) is 0.357. The summed E-state index contributed by atoms with van der Waals surface area (Å²) in [5.41, 5.74) is 1.25. The summed E-state index contributed by atoms with van der Waals surface area (Å²) < 4.78 is 0. The topological polar surface area (TPSA) is 40.5 Å². The molecule has 0 heterocycles. The lowest BCUT2D eigenvalue weighted by molar-refractivity contribution is -0.138. The van der Waals surface area contributed by atoms with Gasteiger partial charge in [0.05, 0.1) is 6.54 Å². The van der Waals surface area contributed by atoms with Gasteiger partial charge in [0.25, 0.3) is 0 Å². The predicted octanol–water partition coefficient (Wildman–Crippen LogP) is 2.66. The summed E-state index contributed by atoms with van der Waals surface area (Å²) in [7, 11) is 0. The zero-order valence-electron chi connectivity index (χ0n) is 10.6. The van der Waals surface area contributed by atoms with E-state index in [9.17, 15) is 4.79 Å². The average molecular weight is 265 g/mol. The average Bonchev–Trinajstić information content (AvgIpc) is 2.31. The summed E-state index contributed by atoms with van der Waals surface area (Å²) in [6.07, 6.45) is 1.74. The summed E-state index contributed by atoms with van der Waals surface area (Å²) in [5, 5.41) is 8.77. The Morgan fingerprint density at radius 2 is 2.11 bits per heavy atom. The largest absolute Gasteiger partial charge is 0.480 e. The molecule has 0 aromatic heterocycles. The molecule has 0 aliphatic carbocycles. The van der Waals surface area contributed by atoms with Crippen molar-refractivity contribution in [1.29, 1.82) is 0 Å². The van der Waals surface area contributed by atoms with Gasteiger partial charge in [-0.1, -0.05) is 23.8 Å². The standard InChI is InChI=1S/C14H19NO2S/c1-3-8-15(11-14(16)17)9-10-18-13-6-4-12(2)5-7-13/h3-7H,1,8-11H2,2H3,(H,16,17). The smallest absolute Gasteiger partial charge is 0.317 e. The van der Waals surface area contributed by atoms with E-state index in [1.54, 1.807) is 17.8 Å². The molecule has 18 heavy (non-hydrogen) atoms. The van der Waals surface area contributed by atoms with Crippen LogP contribution in [-0.4, -0.2) is 41.4 Å². The van der Waals surface area contributed by atoms with Crippen LogP contribution >= 0.6 is 11.8 Å². The molecule has 0 saturated carbocycles. The van der Waals surface area contributed by atoms with Crippen LogP contribution in [0.15, 0.2) is 41.8 Å². The first kappa shape index (κ1) is 14.8. The van der Waals surface area contributed by atoms with Crippen LogP contribution in [0.25, 0.3) is 0 Å². The SMILES string of the molecule is C=CCN(CCSc1ccc(C)cc1)CC(=O)O. The molecule has 1 rings (SSSR count). The molecule has 0 saturated heterocycles. The van der Waals surface area contributed by atoms with Crippen LogP contribution in [0.2, 0.25) is 0 Å². The van der Waals surface area contributed by atoms with Gasteiger partial charge in [-0.2, -0.15) is 0 Å². The van der Waals surface area contributed by atoms with Crippen LogP contribution in [0.4, 0.5) is 0 Å². The maximum atomic E-state index is 10.7. The van der Waals surface area contributed by atoms with Crippen molar-refractivity contribution in [2.75, 3.05) is 25.4 Å². The van der Waals surface area contributed by atoms with Gasteiger partial charge in [-0.25, -0.2) is 0 Å². The van der Waals surface area contributed by atoms with E-state index in [-0.39, 0.29) is 6.54 Å². The number of carboxylic acid groups (broad SMARTS) is 1. The number of aliphatic carboxylic acids is 1. The molecule has 0 bridgehead atoms. The van der Waals surface area contributed by atoms with Crippen LogP contribution in [0.5, 0.6) is 0 Å². The second-order valence-corrected chi connectivity index (χ2v) is 5.25. The fourth-order valence-electron chi connectivity index (χ4n) is 1.54. The van der Waals surface area contributed by atoms with Crippen LogP contribution in [0.1, 0.15) is 5.56 Å². The molecule has 0 fully saturated rings. The van der Waals surface area contributed by atoms with Crippen LogP contribution in [-0.2, 0) is 4.79 Å². The fourth-order valence-corrected chi connectivity index (χ4v) is 2.45. The Morgan fingerprint density at radius 1 is 1.44 bits per heavy atom. The lowest BCUT2D eigenvalue weighted by Gasteiger charge is -2.17. The molecule has 4 heteroatoms. The zero-order valence-corrected chi connectivity index (χ0v) is 11.4. The Kier molecular flexibility index (Phi) is 6.54. The second kappa shape index (κ2) is 7.95. The first-order chi connectivity index (χ1) is 8.61. The van der Waals surface area contributed by atoms with Crippen molar-refractivity contribution in [2.45, 2.75) is 11.8 Å². The first-order valence-corrected chi connectivity index (χ1v) is 6.85. The lowest BCUT2D eigenvalue weighted by Crippen LogP contribution is -2.31. The molecule has 0 atom stereocenters. The van der Waals surface area contributed by atoms with Gasteiger partial charge in [0.2, 0.25) is 0 Å². The van der Waals surface area contributed by atoms with Crippen LogP contribution in [0.3, 0.4) is 0 Å². The highest BCUT2D eigenvalue weighted by Gasteiger charge is 2.07. The van der Waals surface area contributed by atoms with Crippen molar-refractivity contribution < 1.29 is 9.90 Å². The molecule has 1 N–H and O–H groups in total. The van der Waals surface area contributed by atoms with Gasteiger partial charge in [0.15, 0.2) is 0 Å². The van der Waals surface area contributed by atoms with Crippen molar-refractivity contribution in [3.63, 3.8) is 0 Å². The third-order valence-electron chi connectivity index (χ3n) is 2.44. The molecule has 0 unspecified atom stereocenters. The highest BCUT2D eigenvalue weighted by molar-refractivity contribution is 7.99. The Hall–Kier alpha value is -1.26. The van der Waals surface area contributed by atoms with Crippen molar-refractivity contribution in [2.24, 2.45) is 0 Å². The van der Waals surface area contributed by atoms with E-state index in [1.807, 2.05) is 4.90 Å². The highest BCUT2D eigenvalue weighted by atomic mass is 32.2. The molecule has 0 amide bonds. The van der Waals surface area contributed by atoms with Gasteiger partial charge >= 0.3 is 5.97 Å². The van der Waals surface area contributed by atoms with Crippen molar-refractivity contribution in [1.82, 2.24) is 4.90 Å². The molecule has 1 aromatic rings. The number of hydrogen-bond acceptors (Lipinski definition) is 3. The van der Waals surface area contributed by atoms with E-state index in [0.717, 1.165) is 12.3 Å². The predicted molar refractivity (Wildman–Crippen MR) is 76.2 cm³/mol. The van der Waals surface area contributed by atoms with E-state index in [1.165, 1.54) is 10.5 Å². The molecule has 0 aliphatic rings. The second-order valence-electron chi connectivity index (χ2n) is 4.08. The molecule has 0 aliphatic heterocycles. The number of carbonyl (C=O) groups is 1. The van der Waals surface area contributed by atoms with Crippen molar-refractivity contribution in [3.05, 3.63) is 42.5 Å². The number of thioether (sulfide) groups is 1. The molecule has 0 spiro atoms. The number of nitrogens with zero attached hydrogens (tertiary/aromatic N) is 1. The Morgan fingerprint density at radius 3 is 2.67 bits per heavy atom. The summed E-state index contributed by atoms with van der Waals surface area (Å²) in [6.45, 7) is 7.13. The summed E-state index contributed by atoms with van der Waals surface area (Å²) in [4.78, 5) is 13.8. The van der Waals surface area contributed by atoms with Gasteiger partial charge in [0.1, 0.15) is 0 Å². The minimum absolute atomic E-state index is 0.0699. The molecule has 98 valence electrons. The number of hydrogen-bond donors (Lipinski definition) is 1. The summed E-state index contributed by atoms with van der Waals surface area (Å²) in [5.74, 6) is 0.0849. The van der Waals surface area contributed by atoms with E-state index in [0.29, 0.717) is 6.54 Å². The van der Waals surface area contributed by atoms with Gasteiger partial charge in [-0.15, -0.1) is 18.3 Å². The summed E-state index contributed by atoms with van der Waals surface area (Å²) in [6, 6.07) is 8.35. The number of carboxylic acids is 1. The maximum Gasteiger partial charge on any atom is 0.317 e. The molecular weight excluding hydrogens is 246 g/mol. The Balaban J connectivity index is 2.35. The van der Waals surface area contributed by atoms with Crippen LogP contribution < -0.4 is 0 Å². The van der Waals surface area contributed by atoms with Gasteiger partial charge in [0, 0.05) is 23.7 Å². The van der Waals surface area contributed by atoms with E-state index >= 15 is 0 Å². The molecule has 3 nitrogen and oxygen atoms in total. The number of aryl methyl sites for hydroxylation is 1. The van der Waals surface area contributed by atoms with Crippen molar-refractivity contribution >= 4 is 17.7 Å².